The van der Waals surface area contributed by atoms with Crippen molar-refractivity contribution in [1.82, 2.24) is 0 Å². The molecular formula is C27H23NO4P2S2. The predicted octanol–water partition coefficient (Wildman–Crippen LogP) is 6.21. The van der Waals surface area contributed by atoms with Crippen LogP contribution in [0.15, 0.2) is 91.0 Å². The Bertz CT molecular complexity index is 1590. The molecule has 0 amide bonds. The van der Waals surface area contributed by atoms with Crippen molar-refractivity contribution in [2.24, 2.45) is 5.73 Å². The van der Waals surface area contributed by atoms with Gasteiger partial charge in [0.2, 0.25) is 0 Å². The van der Waals surface area contributed by atoms with E-state index in [1.54, 1.807) is 6.92 Å². The molecule has 3 unspecified atom stereocenters. The minimum absolute atomic E-state index is 0.249. The summed E-state index contributed by atoms with van der Waals surface area (Å²) in [7, 11) is 0. The fourth-order valence-corrected chi connectivity index (χ4v) is 10.3. The lowest BCUT2D eigenvalue weighted by molar-refractivity contribution is 0.235. The van der Waals surface area contributed by atoms with Crippen LogP contribution in [-0.4, -0.2) is 6.23 Å². The average molecular weight is 552 g/mol. The molecule has 5 nitrogen and oxygen atoms in total. The van der Waals surface area contributed by atoms with Crippen LogP contribution in [0.4, 0.5) is 0 Å². The van der Waals surface area contributed by atoms with Crippen LogP contribution in [0, 0.1) is 0 Å². The molecule has 2 aliphatic heterocycles. The standard InChI is InChI=1S/C27H23NO4P2S2/c1-18(28)30-34(36)26-16-8-9-19(27(26)22-12-3-6-14-24(22)32-34)17-29-33(35)25-15-7-4-11-21(25)20-10-2-5-13-23(20)31-33/h2-16,18H,17,28H2,1H3. The molecule has 0 spiro atoms. The Morgan fingerprint density at radius 2 is 1.31 bits per heavy atom. The van der Waals surface area contributed by atoms with E-state index in [0.29, 0.717) is 5.75 Å². The molecule has 0 fully saturated rings. The summed E-state index contributed by atoms with van der Waals surface area (Å²) in [6.45, 7) is -3.72. The molecule has 36 heavy (non-hydrogen) atoms. The van der Waals surface area contributed by atoms with E-state index in [1.807, 2.05) is 84.9 Å². The smallest absolute Gasteiger partial charge is 0.271 e. The van der Waals surface area contributed by atoms with Crippen LogP contribution in [0.2, 0.25) is 0 Å². The summed E-state index contributed by atoms with van der Waals surface area (Å²) in [5, 5.41) is 1.74. The second kappa shape index (κ2) is 9.20. The molecule has 2 aliphatic rings. The Kier molecular flexibility index (Phi) is 6.14. The van der Waals surface area contributed by atoms with E-state index >= 15 is 0 Å². The van der Waals surface area contributed by atoms with Gasteiger partial charge in [-0.05, 0) is 65.9 Å². The van der Waals surface area contributed by atoms with Crippen LogP contribution in [0.5, 0.6) is 11.5 Å². The number of para-hydroxylation sites is 2. The van der Waals surface area contributed by atoms with Gasteiger partial charge in [0.1, 0.15) is 17.7 Å². The number of hydrogen-bond donors (Lipinski definition) is 1. The molecule has 6 rings (SSSR count). The van der Waals surface area contributed by atoms with Crippen LogP contribution in [0.25, 0.3) is 22.3 Å². The van der Waals surface area contributed by atoms with E-state index in [-0.39, 0.29) is 6.61 Å². The van der Waals surface area contributed by atoms with Gasteiger partial charge in [0.05, 0.1) is 17.2 Å². The minimum Gasteiger partial charge on any atom is -0.440 e. The normalized spacial score (nSPS) is 22.2. The molecule has 3 atom stereocenters. The predicted molar refractivity (Wildman–Crippen MR) is 152 cm³/mol. The van der Waals surface area contributed by atoms with Gasteiger partial charge in [-0.25, -0.2) is 0 Å². The Hall–Kier alpha value is -2.34. The average Bonchev–Trinajstić information content (AvgIpc) is 2.87. The fraction of sp³-hybridized carbons (Fsp3) is 0.111. The fourth-order valence-electron chi connectivity index (χ4n) is 4.61. The summed E-state index contributed by atoms with van der Waals surface area (Å²) in [5.41, 5.74) is 10.9. The molecule has 0 saturated heterocycles. The molecule has 9 heteroatoms. The third-order valence-electron chi connectivity index (χ3n) is 6.09. The Morgan fingerprint density at radius 1 is 0.722 bits per heavy atom. The van der Waals surface area contributed by atoms with Gasteiger partial charge in [-0.1, -0.05) is 66.7 Å². The Morgan fingerprint density at radius 3 is 2.06 bits per heavy atom. The van der Waals surface area contributed by atoms with Gasteiger partial charge in [0.15, 0.2) is 0 Å². The molecular weight excluding hydrogens is 528 g/mol. The van der Waals surface area contributed by atoms with Gasteiger partial charge >= 0.3 is 0 Å². The first kappa shape index (κ1) is 24.0. The van der Waals surface area contributed by atoms with Gasteiger partial charge in [-0.2, -0.15) is 0 Å². The van der Waals surface area contributed by atoms with Crippen molar-refractivity contribution in [2.45, 2.75) is 19.8 Å². The van der Waals surface area contributed by atoms with Crippen molar-refractivity contribution in [3.8, 4) is 33.8 Å². The van der Waals surface area contributed by atoms with Crippen LogP contribution in [-0.2, 0) is 39.3 Å². The molecule has 0 aromatic heterocycles. The van der Waals surface area contributed by atoms with Crippen LogP contribution in [0.3, 0.4) is 0 Å². The van der Waals surface area contributed by atoms with E-state index in [9.17, 15) is 0 Å². The molecule has 0 saturated carbocycles. The quantitative estimate of drug-likeness (QED) is 0.234. The van der Waals surface area contributed by atoms with Crippen molar-refractivity contribution in [3.05, 3.63) is 96.6 Å². The topological polar surface area (TPSA) is 62.9 Å². The van der Waals surface area contributed by atoms with E-state index in [4.69, 9.17) is 47.4 Å². The number of benzene rings is 4. The van der Waals surface area contributed by atoms with Gasteiger partial charge in [0, 0.05) is 16.7 Å². The molecule has 0 radical (unpaired) electrons. The molecule has 0 aliphatic carbocycles. The van der Waals surface area contributed by atoms with E-state index in [1.165, 1.54) is 0 Å². The van der Waals surface area contributed by atoms with Gasteiger partial charge < -0.3 is 19.3 Å². The van der Waals surface area contributed by atoms with E-state index in [2.05, 4.69) is 6.07 Å². The van der Waals surface area contributed by atoms with Gasteiger partial charge in [-0.3, -0.25) is 4.52 Å². The lowest BCUT2D eigenvalue weighted by atomic mass is 9.99. The summed E-state index contributed by atoms with van der Waals surface area (Å²) >= 11 is 12.1. The van der Waals surface area contributed by atoms with Crippen LogP contribution >= 0.6 is 13.0 Å². The van der Waals surface area contributed by atoms with Crippen LogP contribution in [0.1, 0.15) is 12.5 Å². The minimum atomic E-state index is -2.88. The summed E-state index contributed by atoms with van der Waals surface area (Å²) in [6, 6.07) is 29.7. The molecule has 4 aromatic rings. The summed E-state index contributed by atoms with van der Waals surface area (Å²) in [6.07, 6.45) is -0.567. The second-order valence-electron chi connectivity index (χ2n) is 8.58. The third-order valence-corrected chi connectivity index (χ3v) is 12.2. The molecule has 0 bridgehead atoms. The third kappa shape index (κ3) is 4.06. The maximum absolute atomic E-state index is 6.55. The number of rotatable bonds is 5. The first-order chi connectivity index (χ1) is 17.4. The number of hydrogen-bond acceptors (Lipinski definition) is 7. The van der Waals surface area contributed by atoms with Crippen molar-refractivity contribution in [3.63, 3.8) is 0 Å². The van der Waals surface area contributed by atoms with Crippen LogP contribution < -0.4 is 25.4 Å². The Labute approximate surface area is 220 Å². The SMILES string of the molecule is CC(N)OP1(=S)Oc2ccccc2-c2c(COP3(=S)Oc4ccccc4-c4ccccc43)cccc21. The zero-order valence-electron chi connectivity index (χ0n) is 19.4. The highest BCUT2D eigenvalue weighted by molar-refractivity contribution is 8.14. The van der Waals surface area contributed by atoms with Crippen molar-refractivity contribution >= 4 is 47.2 Å². The Balaban J connectivity index is 1.42. The molecule has 182 valence electrons. The molecule has 2 heterocycles. The zero-order valence-corrected chi connectivity index (χ0v) is 22.8. The highest BCUT2D eigenvalue weighted by atomic mass is 32.5. The maximum Gasteiger partial charge on any atom is 0.271 e. The highest BCUT2D eigenvalue weighted by Gasteiger charge is 2.37. The monoisotopic (exact) mass is 551 g/mol. The highest BCUT2D eigenvalue weighted by Crippen LogP contribution is 2.58. The lowest BCUT2D eigenvalue weighted by Gasteiger charge is -2.34. The molecule has 2 N–H and O–H groups in total. The molecule has 4 aromatic carbocycles. The van der Waals surface area contributed by atoms with E-state index in [0.717, 1.165) is 44.2 Å². The number of nitrogens with two attached hydrogens (primary N) is 1. The summed E-state index contributed by atoms with van der Waals surface area (Å²) in [5.74, 6) is 1.42. The van der Waals surface area contributed by atoms with Gasteiger partial charge in [0.25, 0.3) is 13.0 Å². The maximum atomic E-state index is 6.55. The zero-order chi connectivity index (χ0) is 24.9. The van der Waals surface area contributed by atoms with Gasteiger partial charge in [-0.15, -0.1) is 0 Å². The second-order valence-corrected chi connectivity index (χ2v) is 15.3. The number of fused-ring (bicyclic) bond motifs is 6. The van der Waals surface area contributed by atoms with Crippen molar-refractivity contribution in [2.75, 3.05) is 0 Å². The van der Waals surface area contributed by atoms with Crippen molar-refractivity contribution < 1.29 is 18.1 Å². The summed E-state index contributed by atoms with van der Waals surface area (Å²) in [4.78, 5) is 0. The lowest BCUT2D eigenvalue weighted by Crippen LogP contribution is -2.27. The van der Waals surface area contributed by atoms with Crippen molar-refractivity contribution in [1.29, 1.82) is 0 Å². The largest absolute Gasteiger partial charge is 0.440 e. The summed E-state index contributed by atoms with van der Waals surface area (Å²) < 4.78 is 25.2. The van der Waals surface area contributed by atoms with E-state index < -0.39 is 19.2 Å². The first-order valence-corrected chi connectivity index (χ1v) is 16.7. The first-order valence-electron chi connectivity index (χ1n) is 11.5.